The van der Waals surface area contributed by atoms with Crippen molar-refractivity contribution < 1.29 is 9.18 Å². The quantitative estimate of drug-likeness (QED) is 0.601. The van der Waals surface area contributed by atoms with Gasteiger partial charge < -0.3 is 10.6 Å². The highest BCUT2D eigenvalue weighted by Crippen LogP contribution is 2.26. The third-order valence-corrected chi connectivity index (χ3v) is 6.41. The van der Waals surface area contributed by atoms with Gasteiger partial charge in [0, 0.05) is 31.1 Å². The number of benzene rings is 1. The molecule has 0 aliphatic carbocycles. The van der Waals surface area contributed by atoms with Gasteiger partial charge in [0.15, 0.2) is 0 Å². The fourth-order valence-corrected chi connectivity index (χ4v) is 4.81. The van der Waals surface area contributed by atoms with Crippen LogP contribution in [0.4, 0.5) is 4.39 Å². The summed E-state index contributed by atoms with van der Waals surface area (Å²) in [4.78, 5) is 20.0. The summed E-state index contributed by atoms with van der Waals surface area (Å²) in [6.07, 6.45) is 1.19. The van der Waals surface area contributed by atoms with Gasteiger partial charge >= 0.3 is 0 Å². The maximum absolute atomic E-state index is 13.8. The van der Waals surface area contributed by atoms with Gasteiger partial charge in [-0.05, 0) is 37.9 Å². The van der Waals surface area contributed by atoms with Crippen LogP contribution in [0.5, 0.6) is 0 Å². The summed E-state index contributed by atoms with van der Waals surface area (Å²) in [5.74, 6) is -0.540. The minimum Gasteiger partial charge on any atom is -0.327 e. The molecule has 4 heterocycles. The molecule has 1 amide bonds. The Hall–Kier alpha value is -2.13. The first kappa shape index (κ1) is 19.8. The molecular weight excluding hydrogens is 383 g/mol. The van der Waals surface area contributed by atoms with Crippen LogP contribution in [0.25, 0.3) is 10.9 Å². The maximum atomic E-state index is 13.8. The van der Waals surface area contributed by atoms with Crippen LogP contribution in [0.3, 0.4) is 0 Å². The summed E-state index contributed by atoms with van der Waals surface area (Å²) >= 11 is 0. The van der Waals surface area contributed by atoms with Crippen LogP contribution in [0.2, 0.25) is 0 Å². The predicted octanol–water partition coefficient (Wildman–Crippen LogP) is 1.03. The van der Waals surface area contributed by atoms with Crippen molar-refractivity contribution in [1.82, 2.24) is 31.2 Å². The molecule has 4 N–H and O–H groups in total. The van der Waals surface area contributed by atoms with Crippen molar-refractivity contribution in [2.24, 2.45) is 0 Å². The lowest BCUT2D eigenvalue weighted by Gasteiger charge is -2.43. The van der Waals surface area contributed by atoms with Crippen molar-refractivity contribution >= 4 is 16.8 Å². The summed E-state index contributed by atoms with van der Waals surface area (Å²) in [7, 11) is 0. The molecule has 3 aliphatic rings. The first-order valence-electron chi connectivity index (χ1n) is 10.9. The number of amides is 1. The number of rotatable bonds is 4. The maximum Gasteiger partial charge on any atom is 0.234 e. The average Bonchev–Trinajstić information content (AvgIpc) is 3.20. The Balaban J connectivity index is 1.42. The van der Waals surface area contributed by atoms with Crippen LogP contribution in [-0.4, -0.2) is 66.6 Å². The van der Waals surface area contributed by atoms with Gasteiger partial charge in [-0.2, -0.15) is 0 Å². The number of pyridine rings is 1. The van der Waals surface area contributed by atoms with E-state index in [1.807, 2.05) is 41.3 Å². The van der Waals surface area contributed by atoms with Gasteiger partial charge in [-0.1, -0.05) is 24.3 Å². The van der Waals surface area contributed by atoms with Crippen LogP contribution in [0.1, 0.15) is 30.9 Å². The normalized spacial score (nSPS) is 33.0. The molecule has 5 rings (SSSR count). The Bertz CT molecular complexity index is 904. The number of hydrogen-bond donors (Lipinski definition) is 4. The Morgan fingerprint density at radius 2 is 2.07 bits per heavy atom. The number of nitrogens with zero attached hydrogens (tertiary/aromatic N) is 2. The van der Waals surface area contributed by atoms with Crippen molar-refractivity contribution in [3.05, 3.63) is 42.1 Å². The average molecular weight is 413 g/mol. The summed E-state index contributed by atoms with van der Waals surface area (Å²) in [5.41, 5.74) is 1.62. The highest BCUT2D eigenvalue weighted by Gasteiger charge is 2.42. The molecule has 0 bridgehead atoms. The fourth-order valence-electron chi connectivity index (χ4n) is 4.81. The largest absolute Gasteiger partial charge is 0.327 e. The van der Waals surface area contributed by atoms with Crippen molar-refractivity contribution in [3.63, 3.8) is 0 Å². The number of aromatic nitrogens is 1. The van der Waals surface area contributed by atoms with Gasteiger partial charge in [0.1, 0.15) is 18.4 Å². The molecule has 2 aromatic rings. The lowest BCUT2D eigenvalue weighted by Crippen LogP contribution is -2.70. The number of para-hydroxylation sites is 1. The third kappa shape index (κ3) is 4.05. The molecule has 8 heteroatoms. The summed E-state index contributed by atoms with van der Waals surface area (Å²) < 4.78 is 13.8. The van der Waals surface area contributed by atoms with Crippen molar-refractivity contribution in [3.8, 4) is 0 Å². The fraction of sp³-hybridized carbons (Fsp3) is 0.545. The van der Waals surface area contributed by atoms with E-state index in [0.29, 0.717) is 19.5 Å². The molecule has 1 aromatic heterocycles. The van der Waals surface area contributed by atoms with E-state index in [1.165, 1.54) is 0 Å². The molecule has 0 spiro atoms. The number of carbonyl (C=O) groups is 1. The number of hydrogen-bond acceptors (Lipinski definition) is 6. The van der Waals surface area contributed by atoms with Gasteiger partial charge in [-0.25, -0.2) is 4.39 Å². The minimum atomic E-state index is -0.836. The first-order valence-corrected chi connectivity index (χ1v) is 10.9. The number of halogens is 1. The zero-order chi connectivity index (χ0) is 20.5. The van der Waals surface area contributed by atoms with Crippen LogP contribution >= 0.6 is 0 Å². The van der Waals surface area contributed by atoms with Gasteiger partial charge in [0.25, 0.3) is 0 Å². The van der Waals surface area contributed by atoms with E-state index in [1.54, 1.807) is 0 Å². The van der Waals surface area contributed by atoms with Gasteiger partial charge in [0.2, 0.25) is 5.91 Å². The summed E-state index contributed by atoms with van der Waals surface area (Å²) in [6.45, 7) is 2.88. The zero-order valence-electron chi connectivity index (χ0n) is 17.0. The molecule has 3 saturated heterocycles. The smallest absolute Gasteiger partial charge is 0.234 e. The van der Waals surface area contributed by atoms with E-state index in [4.69, 9.17) is 4.98 Å². The molecule has 7 nitrogen and oxygen atoms in total. The Morgan fingerprint density at radius 1 is 1.17 bits per heavy atom. The third-order valence-electron chi connectivity index (χ3n) is 6.41. The molecule has 0 radical (unpaired) electrons. The molecule has 3 aliphatic heterocycles. The Labute approximate surface area is 175 Å². The van der Waals surface area contributed by atoms with E-state index in [9.17, 15) is 9.18 Å². The monoisotopic (exact) mass is 412 g/mol. The van der Waals surface area contributed by atoms with Crippen LogP contribution < -0.4 is 21.3 Å². The molecule has 160 valence electrons. The second kappa shape index (κ2) is 8.55. The first-order chi connectivity index (χ1) is 14.7. The van der Waals surface area contributed by atoms with E-state index >= 15 is 0 Å². The SMILES string of the molecule is O=C1NC(N2CC[C@H](F)C2)NC(N[C@@H]2CCCNC2)C1c1ccc2ccccc2n1. The van der Waals surface area contributed by atoms with E-state index in [-0.39, 0.29) is 24.4 Å². The number of carbonyl (C=O) groups excluding carboxylic acids is 1. The minimum absolute atomic E-state index is 0.0786. The number of likely N-dealkylation sites (tertiary alicyclic amines) is 1. The van der Waals surface area contributed by atoms with Crippen LogP contribution in [0, 0.1) is 0 Å². The lowest BCUT2D eigenvalue weighted by atomic mass is 9.95. The van der Waals surface area contributed by atoms with E-state index in [2.05, 4.69) is 21.3 Å². The van der Waals surface area contributed by atoms with Gasteiger partial charge in [0.05, 0.1) is 17.4 Å². The van der Waals surface area contributed by atoms with E-state index in [0.717, 1.165) is 42.5 Å². The van der Waals surface area contributed by atoms with Crippen LogP contribution in [-0.2, 0) is 4.79 Å². The number of nitrogens with one attached hydrogen (secondary N) is 4. The van der Waals surface area contributed by atoms with Crippen molar-refractivity contribution in [2.75, 3.05) is 26.2 Å². The highest BCUT2D eigenvalue weighted by atomic mass is 19.1. The number of fused-ring (bicyclic) bond motifs is 1. The molecular formula is C22H29FN6O. The van der Waals surface area contributed by atoms with Crippen molar-refractivity contribution in [1.29, 1.82) is 0 Å². The Morgan fingerprint density at radius 3 is 2.87 bits per heavy atom. The molecule has 5 atom stereocenters. The Kier molecular flexibility index (Phi) is 5.64. The van der Waals surface area contributed by atoms with Crippen LogP contribution in [0.15, 0.2) is 36.4 Å². The van der Waals surface area contributed by atoms with Gasteiger partial charge in [-0.3, -0.25) is 25.3 Å². The summed E-state index contributed by atoms with van der Waals surface area (Å²) in [5, 5.41) is 14.7. The lowest BCUT2D eigenvalue weighted by molar-refractivity contribution is -0.129. The zero-order valence-corrected chi connectivity index (χ0v) is 17.0. The number of piperidine rings is 1. The van der Waals surface area contributed by atoms with Crippen molar-refractivity contribution in [2.45, 2.75) is 49.8 Å². The molecule has 1 aromatic carbocycles. The molecule has 0 saturated carbocycles. The highest BCUT2D eigenvalue weighted by molar-refractivity contribution is 5.86. The molecule has 3 unspecified atom stereocenters. The predicted molar refractivity (Wildman–Crippen MR) is 113 cm³/mol. The standard InChI is InChI=1S/C22H29FN6O/c23-15-9-11-29(13-15)22-27-20(25-16-5-3-10-24-12-16)19(21(30)28-22)18-8-7-14-4-1-2-6-17(14)26-18/h1-2,4,6-8,15-16,19-20,22,24-25,27H,3,5,9-13H2,(H,28,30)/t15-,16+,19?,20?,22?/m0/s1. The topological polar surface area (TPSA) is 81.3 Å². The summed E-state index contributed by atoms with van der Waals surface area (Å²) in [6, 6.07) is 12.2. The second-order valence-electron chi connectivity index (χ2n) is 8.55. The second-order valence-corrected chi connectivity index (χ2v) is 8.55. The molecule has 30 heavy (non-hydrogen) atoms. The molecule has 3 fully saturated rings. The van der Waals surface area contributed by atoms with E-state index < -0.39 is 12.1 Å². The number of alkyl halides is 1. The van der Waals surface area contributed by atoms with Gasteiger partial charge in [-0.15, -0.1) is 0 Å².